The van der Waals surface area contributed by atoms with Crippen LogP contribution in [0.1, 0.15) is 29.8 Å². The van der Waals surface area contributed by atoms with Gasteiger partial charge in [-0.05, 0) is 12.8 Å². The van der Waals surface area contributed by atoms with Crippen LogP contribution in [0.5, 0.6) is 5.88 Å². The summed E-state index contributed by atoms with van der Waals surface area (Å²) < 4.78 is 5.98. The van der Waals surface area contributed by atoms with Gasteiger partial charge in [0.15, 0.2) is 0 Å². The lowest BCUT2D eigenvalue weighted by atomic mass is 10.3. The molecular weight excluding hydrogens is 320 g/mol. The number of likely N-dealkylation sites (tertiary alicyclic amines) is 1. The highest BCUT2D eigenvalue weighted by atomic mass is 16.5. The number of nitrogens with zero attached hydrogens (tertiary/aromatic N) is 6. The summed E-state index contributed by atoms with van der Waals surface area (Å²) >= 11 is 0. The van der Waals surface area contributed by atoms with E-state index >= 15 is 0 Å². The number of carbonyl (C=O) groups excluding carboxylic acids is 1. The Morgan fingerprint density at radius 2 is 2.00 bits per heavy atom. The fourth-order valence-corrected chi connectivity index (χ4v) is 3.26. The minimum atomic E-state index is -0.111. The van der Waals surface area contributed by atoms with Gasteiger partial charge in [-0.25, -0.2) is 15.0 Å². The van der Waals surface area contributed by atoms with Crippen LogP contribution in [0.25, 0.3) is 0 Å². The van der Waals surface area contributed by atoms with Crippen LogP contribution in [0.2, 0.25) is 0 Å². The van der Waals surface area contributed by atoms with Gasteiger partial charge in [0.1, 0.15) is 23.9 Å². The van der Waals surface area contributed by atoms with Crippen LogP contribution in [0.15, 0.2) is 31.0 Å². The Hall–Kier alpha value is -2.77. The Bertz CT molecular complexity index is 735. The Kier molecular flexibility index (Phi) is 4.41. The zero-order valence-corrected chi connectivity index (χ0v) is 13.9. The molecule has 130 valence electrons. The third-order valence-corrected chi connectivity index (χ3v) is 4.56. The zero-order chi connectivity index (χ0) is 17.1. The average Bonchev–Trinajstić information content (AvgIpc) is 3.34. The van der Waals surface area contributed by atoms with Crippen molar-refractivity contribution in [2.24, 2.45) is 0 Å². The third kappa shape index (κ3) is 3.52. The summed E-state index contributed by atoms with van der Waals surface area (Å²) in [6.07, 6.45) is 9.21. The molecule has 0 aromatic carbocycles. The number of ether oxygens (including phenoxy) is 1. The molecule has 0 radical (unpaired) electrons. The Morgan fingerprint density at radius 1 is 1.12 bits per heavy atom. The van der Waals surface area contributed by atoms with Crippen molar-refractivity contribution in [1.29, 1.82) is 0 Å². The van der Waals surface area contributed by atoms with Crippen molar-refractivity contribution in [3.8, 4) is 5.88 Å². The minimum absolute atomic E-state index is 0.0676. The van der Waals surface area contributed by atoms with Crippen LogP contribution in [0.4, 0.5) is 5.82 Å². The lowest BCUT2D eigenvalue weighted by Gasteiger charge is -2.18. The summed E-state index contributed by atoms with van der Waals surface area (Å²) in [6.45, 7) is 3.23. The number of aromatic nitrogens is 4. The molecule has 0 unspecified atom stereocenters. The second-order valence-electron chi connectivity index (χ2n) is 6.28. The molecule has 8 heteroatoms. The number of carbonyl (C=O) groups is 1. The molecule has 2 aliphatic rings. The number of hydrogen-bond acceptors (Lipinski definition) is 7. The van der Waals surface area contributed by atoms with E-state index in [4.69, 9.17) is 4.74 Å². The highest BCUT2D eigenvalue weighted by molar-refractivity contribution is 5.92. The average molecular weight is 340 g/mol. The van der Waals surface area contributed by atoms with E-state index in [1.807, 2.05) is 6.07 Å². The van der Waals surface area contributed by atoms with Gasteiger partial charge >= 0.3 is 0 Å². The number of hydrogen-bond donors (Lipinski definition) is 0. The summed E-state index contributed by atoms with van der Waals surface area (Å²) in [5.41, 5.74) is 0.363. The van der Waals surface area contributed by atoms with Crippen molar-refractivity contribution in [1.82, 2.24) is 24.8 Å². The first kappa shape index (κ1) is 15.7. The van der Waals surface area contributed by atoms with Gasteiger partial charge in [0, 0.05) is 44.5 Å². The standard InChI is InChI=1S/C17H20N6O2/c24-17(14-10-18-4-5-19-14)23-8-3-13(11-23)25-16-9-15(20-12-21-16)22-6-1-2-7-22/h4-5,9-10,12-13H,1-3,6-8,11H2/t13-/m1/s1. The first-order valence-electron chi connectivity index (χ1n) is 8.58. The van der Waals surface area contributed by atoms with Crippen molar-refractivity contribution in [2.45, 2.75) is 25.4 Å². The molecule has 2 aliphatic heterocycles. The van der Waals surface area contributed by atoms with Crippen LogP contribution >= 0.6 is 0 Å². The van der Waals surface area contributed by atoms with Gasteiger partial charge < -0.3 is 14.5 Å². The maximum Gasteiger partial charge on any atom is 0.274 e. The van der Waals surface area contributed by atoms with E-state index in [2.05, 4.69) is 24.8 Å². The monoisotopic (exact) mass is 340 g/mol. The highest BCUT2D eigenvalue weighted by Crippen LogP contribution is 2.23. The molecule has 8 nitrogen and oxygen atoms in total. The summed E-state index contributed by atoms with van der Waals surface area (Å²) in [4.78, 5) is 33.0. The van der Waals surface area contributed by atoms with Gasteiger partial charge in [0.05, 0.1) is 12.7 Å². The second-order valence-corrected chi connectivity index (χ2v) is 6.28. The van der Waals surface area contributed by atoms with Gasteiger partial charge in [0.2, 0.25) is 5.88 Å². The molecule has 1 amide bonds. The van der Waals surface area contributed by atoms with E-state index in [1.54, 1.807) is 17.4 Å². The zero-order valence-electron chi connectivity index (χ0n) is 13.9. The van der Waals surface area contributed by atoms with Gasteiger partial charge in [-0.3, -0.25) is 9.78 Å². The van der Waals surface area contributed by atoms with Gasteiger partial charge in [-0.15, -0.1) is 0 Å². The summed E-state index contributed by atoms with van der Waals surface area (Å²) in [6, 6.07) is 1.89. The van der Waals surface area contributed by atoms with E-state index < -0.39 is 0 Å². The maximum absolute atomic E-state index is 12.4. The highest BCUT2D eigenvalue weighted by Gasteiger charge is 2.29. The van der Waals surface area contributed by atoms with Crippen molar-refractivity contribution in [3.05, 3.63) is 36.7 Å². The molecule has 2 aromatic rings. The normalized spacial score (nSPS) is 20.1. The van der Waals surface area contributed by atoms with Crippen molar-refractivity contribution in [2.75, 3.05) is 31.1 Å². The maximum atomic E-state index is 12.4. The van der Waals surface area contributed by atoms with Gasteiger partial charge in [0.25, 0.3) is 5.91 Å². The summed E-state index contributed by atoms with van der Waals surface area (Å²) in [7, 11) is 0. The Morgan fingerprint density at radius 3 is 2.80 bits per heavy atom. The fourth-order valence-electron chi connectivity index (χ4n) is 3.26. The smallest absolute Gasteiger partial charge is 0.274 e. The van der Waals surface area contributed by atoms with E-state index in [-0.39, 0.29) is 12.0 Å². The molecule has 2 aromatic heterocycles. The Balaban J connectivity index is 1.38. The van der Waals surface area contributed by atoms with E-state index in [0.717, 1.165) is 25.3 Å². The lowest BCUT2D eigenvalue weighted by Crippen LogP contribution is -2.31. The largest absolute Gasteiger partial charge is 0.472 e. The first-order chi connectivity index (χ1) is 12.3. The topological polar surface area (TPSA) is 84.3 Å². The number of anilines is 1. The number of amides is 1. The molecule has 0 saturated carbocycles. The van der Waals surface area contributed by atoms with Gasteiger partial charge in [-0.1, -0.05) is 0 Å². The SMILES string of the molecule is O=C(c1cnccn1)N1CC[C@@H](Oc2cc(N3CCCC3)ncn2)C1. The molecule has 2 fully saturated rings. The molecule has 0 bridgehead atoms. The van der Waals surface area contributed by atoms with E-state index in [0.29, 0.717) is 24.7 Å². The molecular formula is C17H20N6O2. The fraction of sp³-hybridized carbons (Fsp3) is 0.471. The molecule has 25 heavy (non-hydrogen) atoms. The predicted molar refractivity (Wildman–Crippen MR) is 90.4 cm³/mol. The molecule has 0 spiro atoms. The van der Waals surface area contributed by atoms with Crippen molar-refractivity contribution in [3.63, 3.8) is 0 Å². The third-order valence-electron chi connectivity index (χ3n) is 4.56. The van der Waals surface area contributed by atoms with Crippen LogP contribution in [0.3, 0.4) is 0 Å². The molecule has 0 N–H and O–H groups in total. The number of rotatable bonds is 4. The van der Waals surface area contributed by atoms with Crippen molar-refractivity contribution < 1.29 is 9.53 Å². The first-order valence-corrected chi connectivity index (χ1v) is 8.58. The van der Waals surface area contributed by atoms with Crippen LogP contribution in [0, 0.1) is 0 Å². The second kappa shape index (κ2) is 7.00. The van der Waals surface area contributed by atoms with E-state index in [9.17, 15) is 4.79 Å². The molecule has 4 heterocycles. The van der Waals surface area contributed by atoms with Crippen LogP contribution in [-0.4, -0.2) is 63.0 Å². The quantitative estimate of drug-likeness (QED) is 0.826. The van der Waals surface area contributed by atoms with E-state index in [1.165, 1.54) is 25.2 Å². The predicted octanol–water partition coefficient (Wildman–Crippen LogP) is 1.16. The summed E-state index contributed by atoms with van der Waals surface area (Å²) in [5, 5.41) is 0. The van der Waals surface area contributed by atoms with Crippen molar-refractivity contribution >= 4 is 11.7 Å². The molecule has 2 saturated heterocycles. The minimum Gasteiger partial charge on any atom is -0.472 e. The molecule has 0 aliphatic carbocycles. The van der Waals surface area contributed by atoms with Gasteiger partial charge in [-0.2, -0.15) is 0 Å². The lowest BCUT2D eigenvalue weighted by molar-refractivity contribution is 0.0765. The summed E-state index contributed by atoms with van der Waals surface area (Å²) in [5.74, 6) is 1.36. The molecule has 1 atom stereocenters. The van der Waals surface area contributed by atoms with Crippen LogP contribution < -0.4 is 9.64 Å². The van der Waals surface area contributed by atoms with Crippen LogP contribution in [-0.2, 0) is 0 Å². The Labute approximate surface area is 145 Å². The molecule has 4 rings (SSSR count).